The molecule has 10 heteroatoms. The molecule has 0 aliphatic heterocycles. The van der Waals surface area contributed by atoms with Crippen LogP contribution in [0.25, 0.3) is 0 Å². The van der Waals surface area contributed by atoms with E-state index in [1.807, 2.05) is 13.0 Å². The van der Waals surface area contributed by atoms with Gasteiger partial charge < -0.3 is 4.74 Å². The van der Waals surface area contributed by atoms with Gasteiger partial charge in [-0.1, -0.05) is 37.6 Å². The smallest absolute Gasteiger partial charge is 0.276 e. The molecule has 2 aromatic rings. The number of amides is 2. The molecule has 0 aromatic heterocycles. The molecule has 8 nitrogen and oxygen atoms in total. The van der Waals surface area contributed by atoms with Gasteiger partial charge in [-0.05, 0) is 42.8 Å². The Hall–Kier alpha value is -2.62. The lowest BCUT2D eigenvalue weighted by Gasteiger charge is -2.18. The maximum Gasteiger partial charge on any atom is 0.276 e. The SMILES string of the molecule is CCN(CC)S(=O)(=O)c1cccc(C(=O)NNC(=O)COc2cc(C)ccc2Cl)c1. The predicted molar refractivity (Wildman–Crippen MR) is 114 cm³/mol. The number of sulfonamides is 1. The number of carbonyl (C=O) groups excluding carboxylic acids is 2. The fraction of sp³-hybridized carbons (Fsp3) is 0.300. The highest BCUT2D eigenvalue weighted by molar-refractivity contribution is 7.89. The summed E-state index contributed by atoms with van der Waals surface area (Å²) in [6, 6.07) is 10.8. The largest absolute Gasteiger partial charge is 0.482 e. The van der Waals surface area contributed by atoms with Crippen molar-refractivity contribution in [1.82, 2.24) is 15.2 Å². The second kappa shape index (κ2) is 10.4. The van der Waals surface area contributed by atoms with E-state index < -0.39 is 21.8 Å². The topological polar surface area (TPSA) is 105 Å². The predicted octanol–water partition coefficient (Wildman–Crippen LogP) is 2.52. The van der Waals surface area contributed by atoms with E-state index in [2.05, 4.69) is 10.9 Å². The first-order valence-electron chi connectivity index (χ1n) is 9.27. The molecule has 0 bridgehead atoms. The average molecular weight is 454 g/mol. The van der Waals surface area contributed by atoms with Crippen LogP contribution in [-0.4, -0.2) is 44.2 Å². The molecule has 0 fully saturated rings. The summed E-state index contributed by atoms with van der Waals surface area (Å²) in [7, 11) is -3.70. The Morgan fingerprint density at radius 3 is 2.43 bits per heavy atom. The van der Waals surface area contributed by atoms with Crippen LogP contribution < -0.4 is 15.6 Å². The number of carbonyl (C=O) groups is 2. The molecule has 0 spiro atoms. The van der Waals surface area contributed by atoms with Gasteiger partial charge in [-0.2, -0.15) is 4.31 Å². The number of halogens is 1. The van der Waals surface area contributed by atoms with Crippen LogP contribution in [-0.2, 0) is 14.8 Å². The molecule has 2 rings (SSSR count). The third kappa shape index (κ3) is 5.94. The van der Waals surface area contributed by atoms with Crippen molar-refractivity contribution in [3.8, 4) is 5.75 Å². The van der Waals surface area contributed by atoms with Gasteiger partial charge in [-0.25, -0.2) is 8.42 Å². The van der Waals surface area contributed by atoms with E-state index in [0.717, 1.165) is 5.56 Å². The number of hydrazine groups is 1. The van der Waals surface area contributed by atoms with Gasteiger partial charge in [-0.3, -0.25) is 20.4 Å². The molecule has 2 N–H and O–H groups in total. The Bertz CT molecular complexity index is 1020. The fourth-order valence-electron chi connectivity index (χ4n) is 2.61. The molecule has 2 amide bonds. The lowest BCUT2D eigenvalue weighted by atomic mass is 10.2. The Morgan fingerprint density at radius 1 is 1.07 bits per heavy atom. The molecule has 0 atom stereocenters. The molecule has 0 unspecified atom stereocenters. The normalized spacial score (nSPS) is 11.2. The molecular formula is C20H24ClN3O5S. The van der Waals surface area contributed by atoms with E-state index in [0.29, 0.717) is 23.9 Å². The number of ether oxygens (including phenoxy) is 1. The van der Waals surface area contributed by atoms with Gasteiger partial charge in [0.25, 0.3) is 11.8 Å². The van der Waals surface area contributed by atoms with E-state index in [-0.39, 0.29) is 17.1 Å². The van der Waals surface area contributed by atoms with Crippen LogP contribution in [0.3, 0.4) is 0 Å². The van der Waals surface area contributed by atoms with Gasteiger partial charge in [0, 0.05) is 18.7 Å². The maximum absolute atomic E-state index is 12.6. The van der Waals surface area contributed by atoms with Gasteiger partial charge >= 0.3 is 0 Å². The summed E-state index contributed by atoms with van der Waals surface area (Å²) in [5.41, 5.74) is 5.47. The van der Waals surface area contributed by atoms with Crippen molar-refractivity contribution in [2.24, 2.45) is 0 Å². The van der Waals surface area contributed by atoms with Crippen LogP contribution in [0.4, 0.5) is 0 Å². The molecule has 0 aliphatic carbocycles. The maximum atomic E-state index is 12.6. The van der Waals surface area contributed by atoms with Crippen LogP contribution in [0, 0.1) is 6.92 Å². The van der Waals surface area contributed by atoms with Crippen LogP contribution in [0.5, 0.6) is 5.75 Å². The molecule has 0 saturated carbocycles. The first-order valence-corrected chi connectivity index (χ1v) is 11.1. The summed E-state index contributed by atoms with van der Waals surface area (Å²) < 4.78 is 31.9. The summed E-state index contributed by atoms with van der Waals surface area (Å²) in [5, 5.41) is 0.365. The summed E-state index contributed by atoms with van der Waals surface area (Å²) in [6.07, 6.45) is 0. The quantitative estimate of drug-likeness (QED) is 0.597. The third-order valence-electron chi connectivity index (χ3n) is 4.20. The van der Waals surface area contributed by atoms with E-state index in [1.54, 1.807) is 26.0 Å². The van der Waals surface area contributed by atoms with Gasteiger partial charge in [0.05, 0.1) is 9.92 Å². The zero-order chi connectivity index (χ0) is 22.3. The van der Waals surface area contributed by atoms with Crippen molar-refractivity contribution >= 4 is 33.4 Å². The lowest BCUT2D eigenvalue weighted by molar-refractivity contribution is -0.123. The summed E-state index contributed by atoms with van der Waals surface area (Å²) in [6.45, 7) is 5.60. The van der Waals surface area contributed by atoms with Crippen molar-refractivity contribution in [2.45, 2.75) is 25.7 Å². The van der Waals surface area contributed by atoms with Gasteiger partial charge in [0.2, 0.25) is 10.0 Å². The van der Waals surface area contributed by atoms with Gasteiger partial charge in [-0.15, -0.1) is 0 Å². The fourth-order valence-corrected chi connectivity index (χ4v) is 4.29. The summed E-state index contributed by atoms with van der Waals surface area (Å²) in [5.74, 6) is -0.908. The number of nitrogens with one attached hydrogen (secondary N) is 2. The molecule has 162 valence electrons. The minimum Gasteiger partial charge on any atom is -0.482 e. The number of aryl methyl sites for hydroxylation is 1. The highest BCUT2D eigenvalue weighted by Gasteiger charge is 2.22. The number of hydrogen-bond acceptors (Lipinski definition) is 5. The summed E-state index contributed by atoms with van der Waals surface area (Å²) in [4.78, 5) is 24.3. The number of rotatable bonds is 8. The second-order valence-corrected chi connectivity index (χ2v) is 8.69. The van der Waals surface area contributed by atoms with Crippen LogP contribution in [0.1, 0.15) is 29.8 Å². The Kier molecular flexibility index (Phi) is 8.22. The molecule has 30 heavy (non-hydrogen) atoms. The Balaban J connectivity index is 1.98. The number of benzene rings is 2. The third-order valence-corrected chi connectivity index (χ3v) is 6.56. The first kappa shape index (κ1) is 23.7. The zero-order valence-electron chi connectivity index (χ0n) is 16.9. The lowest BCUT2D eigenvalue weighted by Crippen LogP contribution is -2.43. The molecule has 2 aromatic carbocycles. The highest BCUT2D eigenvalue weighted by atomic mass is 35.5. The van der Waals surface area contributed by atoms with Crippen molar-refractivity contribution in [1.29, 1.82) is 0 Å². The van der Waals surface area contributed by atoms with Crippen molar-refractivity contribution in [3.05, 3.63) is 58.6 Å². The van der Waals surface area contributed by atoms with Crippen LogP contribution in [0.15, 0.2) is 47.4 Å². The minimum atomic E-state index is -3.70. The monoisotopic (exact) mass is 453 g/mol. The average Bonchev–Trinajstić information content (AvgIpc) is 2.73. The van der Waals surface area contributed by atoms with Crippen molar-refractivity contribution < 1.29 is 22.7 Å². The highest BCUT2D eigenvalue weighted by Crippen LogP contribution is 2.25. The number of nitrogens with zero attached hydrogens (tertiary/aromatic N) is 1. The van der Waals surface area contributed by atoms with E-state index >= 15 is 0 Å². The summed E-state index contributed by atoms with van der Waals surface area (Å²) >= 11 is 6.00. The van der Waals surface area contributed by atoms with Gasteiger partial charge in [0.15, 0.2) is 6.61 Å². The molecule has 0 saturated heterocycles. The Morgan fingerprint density at radius 2 is 1.77 bits per heavy atom. The van der Waals surface area contributed by atoms with E-state index in [9.17, 15) is 18.0 Å². The minimum absolute atomic E-state index is 0.00241. The Labute approximate surface area is 181 Å². The van der Waals surface area contributed by atoms with Gasteiger partial charge in [0.1, 0.15) is 5.75 Å². The second-order valence-electron chi connectivity index (χ2n) is 6.34. The van der Waals surface area contributed by atoms with Crippen molar-refractivity contribution in [3.63, 3.8) is 0 Å². The van der Waals surface area contributed by atoms with Crippen LogP contribution in [0.2, 0.25) is 5.02 Å². The number of hydrogen-bond donors (Lipinski definition) is 2. The first-order chi connectivity index (χ1) is 14.2. The zero-order valence-corrected chi connectivity index (χ0v) is 18.5. The molecule has 0 radical (unpaired) electrons. The van der Waals surface area contributed by atoms with Crippen LogP contribution >= 0.6 is 11.6 Å². The van der Waals surface area contributed by atoms with E-state index in [1.165, 1.54) is 28.6 Å². The standard InChI is InChI=1S/C20H24ClN3O5S/c1-4-24(5-2)30(27,28)16-8-6-7-15(12-16)20(26)23-22-19(25)13-29-18-11-14(3)9-10-17(18)21/h6-12H,4-5,13H2,1-3H3,(H,22,25)(H,23,26). The molecular weight excluding hydrogens is 430 g/mol. The molecule has 0 aliphatic rings. The van der Waals surface area contributed by atoms with Crippen molar-refractivity contribution in [2.75, 3.05) is 19.7 Å². The molecule has 0 heterocycles. The van der Waals surface area contributed by atoms with E-state index in [4.69, 9.17) is 16.3 Å².